The first-order chi connectivity index (χ1) is 11.6. The minimum absolute atomic E-state index is 0.535. The number of fused-ring (bicyclic) bond motifs is 1. The summed E-state index contributed by atoms with van der Waals surface area (Å²) in [6.45, 7) is 1.90. The predicted octanol–water partition coefficient (Wildman–Crippen LogP) is 3.65. The number of nitrogens with zero attached hydrogens (tertiary/aromatic N) is 4. The Morgan fingerprint density at radius 2 is 1.96 bits per heavy atom. The largest absolute Gasteiger partial charge is 0.458 e. The quantitative estimate of drug-likeness (QED) is 0.624. The molecule has 0 atom stereocenters. The number of aromatic nitrogens is 4. The van der Waals surface area contributed by atoms with Gasteiger partial charge in [-0.25, -0.2) is 15.0 Å². The lowest BCUT2D eigenvalue weighted by atomic mass is 10.1. The maximum Gasteiger partial charge on any atom is 0.198 e. The van der Waals surface area contributed by atoms with Gasteiger partial charge in [-0.05, 0) is 31.2 Å². The van der Waals surface area contributed by atoms with Crippen molar-refractivity contribution >= 4 is 16.9 Å². The molecular formula is C18H17N5O. The molecule has 0 unspecified atom stereocenters. The van der Waals surface area contributed by atoms with Crippen molar-refractivity contribution in [3.05, 3.63) is 48.5 Å². The number of furan rings is 1. The van der Waals surface area contributed by atoms with Gasteiger partial charge in [0.05, 0.1) is 6.33 Å². The van der Waals surface area contributed by atoms with Gasteiger partial charge in [0.15, 0.2) is 17.2 Å². The van der Waals surface area contributed by atoms with Crippen LogP contribution in [0, 0.1) is 6.92 Å². The summed E-state index contributed by atoms with van der Waals surface area (Å²) in [6, 6.07) is 12.0. The van der Waals surface area contributed by atoms with Crippen molar-refractivity contribution in [2.45, 2.75) is 6.92 Å². The van der Waals surface area contributed by atoms with Gasteiger partial charge >= 0.3 is 0 Å². The molecule has 0 saturated carbocycles. The van der Waals surface area contributed by atoms with Crippen LogP contribution < -0.4 is 4.90 Å². The molecule has 120 valence electrons. The number of hydrogen-bond acceptors (Lipinski definition) is 5. The fraction of sp³-hybridized carbons (Fsp3) is 0.167. The number of imidazole rings is 1. The molecule has 0 aliphatic rings. The molecule has 4 aromatic rings. The van der Waals surface area contributed by atoms with E-state index in [4.69, 9.17) is 9.40 Å². The lowest BCUT2D eigenvalue weighted by Gasteiger charge is -2.13. The SMILES string of the molecule is Cc1ccc(-c2nc(-c3cccc(N(C)C)c3)c3[nH]cnc3n2)o1. The van der Waals surface area contributed by atoms with E-state index < -0.39 is 0 Å². The number of H-pyrrole nitrogens is 1. The van der Waals surface area contributed by atoms with Gasteiger partial charge < -0.3 is 14.3 Å². The molecule has 1 aromatic carbocycles. The number of benzene rings is 1. The van der Waals surface area contributed by atoms with Crippen LogP contribution in [0.4, 0.5) is 5.69 Å². The van der Waals surface area contributed by atoms with Crippen LogP contribution in [-0.2, 0) is 0 Å². The Morgan fingerprint density at radius 1 is 1.08 bits per heavy atom. The third-order valence-electron chi connectivity index (χ3n) is 3.88. The molecule has 24 heavy (non-hydrogen) atoms. The predicted molar refractivity (Wildman–Crippen MR) is 93.9 cm³/mol. The van der Waals surface area contributed by atoms with E-state index in [2.05, 4.69) is 32.0 Å². The van der Waals surface area contributed by atoms with E-state index in [-0.39, 0.29) is 0 Å². The number of anilines is 1. The first-order valence-corrected chi connectivity index (χ1v) is 7.67. The molecule has 0 aliphatic heterocycles. The first-order valence-electron chi connectivity index (χ1n) is 7.67. The van der Waals surface area contributed by atoms with E-state index in [0.29, 0.717) is 17.2 Å². The van der Waals surface area contributed by atoms with E-state index in [1.807, 2.05) is 45.3 Å². The fourth-order valence-electron chi connectivity index (χ4n) is 2.64. The van der Waals surface area contributed by atoms with Crippen molar-refractivity contribution in [1.82, 2.24) is 19.9 Å². The number of aromatic amines is 1. The van der Waals surface area contributed by atoms with Crippen LogP contribution in [-0.4, -0.2) is 34.0 Å². The Balaban J connectivity index is 1.94. The maximum atomic E-state index is 5.68. The molecule has 0 radical (unpaired) electrons. The Morgan fingerprint density at radius 3 is 2.71 bits per heavy atom. The third kappa shape index (κ3) is 2.42. The Bertz CT molecular complexity index is 1020. The Labute approximate surface area is 139 Å². The maximum absolute atomic E-state index is 5.68. The zero-order valence-corrected chi connectivity index (χ0v) is 13.7. The van der Waals surface area contributed by atoms with Crippen LogP contribution in [0.5, 0.6) is 0 Å². The number of rotatable bonds is 3. The van der Waals surface area contributed by atoms with Crippen LogP contribution in [0.2, 0.25) is 0 Å². The summed E-state index contributed by atoms with van der Waals surface area (Å²) in [6.07, 6.45) is 1.63. The number of hydrogen-bond donors (Lipinski definition) is 1. The summed E-state index contributed by atoms with van der Waals surface area (Å²) in [7, 11) is 4.03. The van der Waals surface area contributed by atoms with Gasteiger partial charge in [-0.15, -0.1) is 0 Å². The molecule has 0 amide bonds. The number of nitrogens with one attached hydrogen (secondary N) is 1. The van der Waals surface area contributed by atoms with Gasteiger partial charge in [-0.1, -0.05) is 12.1 Å². The third-order valence-corrected chi connectivity index (χ3v) is 3.88. The molecular weight excluding hydrogens is 302 g/mol. The van der Waals surface area contributed by atoms with E-state index in [0.717, 1.165) is 28.2 Å². The highest BCUT2D eigenvalue weighted by Gasteiger charge is 2.15. The van der Waals surface area contributed by atoms with Crippen molar-refractivity contribution in [1.29, 1.82) is 0 Å². The monoisotopic (exact) mass is 319 g/mol. The molecule has 0 aliphatic carbocycles. The summed E-state index contributed by atoms with van der Waals surface area (Å²) in [5.41, 5.74) is 4.36. The molecule has 0 spiro atoms. The van der Waals surface area contributed by atoms with Gasteiger partial charge in [-0.3, -0.25) is 0 Å². The summed E-state index contributed by atoms with van der Waals surface area (Å²) in [4.78, 5) is 18.7. The Hall–Kier alpha value is -3.15. The van der Waals surface area contributed by atoms with Crippen molar-refractivity contribution in [2.24, 2.45) is 0 Å². The van der Waals surface area contributed by atoms with Crippen LogP contribution in [0.1, 0.15) is 5.76 Å². The normalized spacial score (nSPS) is 11.1. The molecule has 6 heteroatoms. The van der Waals surface area contributed by atoms with E-state index in [9.17, 15) is 0 Å². The smallest absolute Gasteiger partial charge is 0.198 e. The lowest BCUT2D eigenvalue weighted by Crippen LogP contribution is -2.08. The average molecular weight is 319 g/mol. The second kappa shape index (κ2) is 5.49. The fourth-order valence-corrected chi connectivity index (χ4v) is 2.64. The van der Waals surface area contributed by atoms with E-state index in [1.54, 1.807) is 6.33 Å². The lowest BCUT2D eigenvalue weighted by molar-refractivity contribution is 0.544. The molecule has 6 nitrogen and oxygen atoms in total. The van der Waals surface area contributed by atoms with Gasteiger partial charge in [-0.2, -0.15) is 0 Å². The van der Waals surface area contributed by atoms with Gasteiger partial charge in [0.1, 0.15) is 17.0 Å². The second-order valence-electron chi connectivity index (χ2n) is 5.85. The first kappa shape index (κ1) is 14.4. The molecule has 3 aromatic heterocycles. The van der Waals surface area contributed by atoms with Gasteiger partial charge in [0.2, 0.25) is 0 Å². The minimum Gasteiger partial charge on any atom is -0.458 e. The Kier molecular flexibility index (Phi) is 3.30. The molecule has 1 N–H and O–H groups in total. The van der Waals surface area contributed by atoms with Gasteiger partial charge in [0, 0.05) is 25.3 Å². The van der Waals surface area contributed by atoms with Crippen molar-refractivity contribution < 1.29 is 4.42 Å². The zero-order valence-electron chi connectivity index (χ0n) is 13.7. The van der Waals surface area contributed by atoms with Crippen LogP contribution in [0.15, 0.2) is 47.1 Å². The second-order valence-corrected chi connectivity index (χ2v) is 5.85. The van der Waals surface area contributed by atoms with Crippen LogP contribution in [0.3, 0.4) is 0 Å². The van der Waals surface area contributed by atoms with Crippen molar-refractivity contribution in [2.75, 3.05) is 19.0 Å². The summed E-state index contributed by atoms with van der Waals surface area (Å²) >= 11 is 0. The van der Waals surface area contributed by atoms with E-state index >= 15 is 0 Å². The molecule has 0 fully saturated rings. The van der Waals surface area contributed by atoms with E-state index in [1.165, 1.54) is 0 Å². The van der Waals surface area contributed by atoms with Gasteiger partial charge in [0.25, 0.3) is 0 Å². The molecule has 3 heterocycles. The van der Waals surface area contributed by atoms with Crippen LogP contribution in [0.25, 0.3) is 34.0 Å². The summed E-state index contributed by atoms with van der Waals surface area (Å²) in [5, 5.41) is 0. The standard InChI is InChI=1S/C18H17N5O/c1-11-7-8-14(24-11)17-21-15(16-18(22-17)20-10-19-16)12-5-4-6-13(9-12)23(2)3/h4-10H,1-3H3,(H,19,20,21,22). The highest BCUT2D eigenvalue weighted by Crippen LogP contribution is 2.29. The molecule has 0 saturated heterocycles. The summed E-state index contributed by atoms with van der Waals surface area (Å²) in [5.74, 6) is 2.00. The number of aryl methyl sites for hydroxylation is 1. The highest BCUT2D eigenvalue weighted by atomic mass is 16.3. The highest BCUT2D eigenvalue weighted by molar-refractivity contribution is 5.89. The van der Waals surface area contributed by atoms with Crippen LogP contribution >= 0.6 is 0 Å². The minimum atomic E-state index is 0.535. The van der Waals surface area contributed by atoms with Crippen molar-refractivity contribution in [3.8, 4) is 22.8 Å². The average Bonchev–Trinajstić information content (AvgIpc) is 3.22. The molecule has 0 bridgehead atoms. The molecule has 4 rings (SSSR count). The zero-order chi connectivity index (χ0) is 16.7. The summed E-state index contributed by atoms with van der Waals surface area (Å²) < 4.78 is 5.68. The van der Waals surface area contributed by atoms with Crippen molar-refractivity contribution in [3.63, 3.8) is 0 Å². The topological polar surface area (TPSA) is 70.8 Å².